The molecule has 6 nitrogen and oxygen atoms in total. The highest BCUT2D eigenvalue weighted by molar-refractivity contribution is 7.17. The molecular formula is C24H30N4O2S. The van der Waals surface area contributed by atoms with Gasteiger partial charge >= 0.3 is 0 Å². The van der Waals surface area contributed by atoms with Gasteiger partial charge in [0.05, 0.1) is 19.1 Å². The first-order chi connectivity index (χ1) is 15.2. The van der Waals surface area contributed by atoms with E-state index in [-0.39, 0.29) is 0 Å². The smallest absolute Gasteiger partial charge is 0.141 e. The molecule has 0 radical (unpaired) electrons. The van der Waals surface area contributed by atoms with Gasteiger partial charge in [0.1, 0.15) is 22.7 Å². The molecule has 3 aromatic rings. The number of aromatic nitrogens is 2. The molecule has 2 saturated heterocycles. The van der Waals surface area contributed by atoms with Crippen LogP contribution in [-0.4, -0.2) is 67.9 Å². The van der Waals surface area contributed by atoms with Gasteiger partial charge in [0.15, 0.2) is 0 Å². The summed E-state index contributed by atoms with van der Waals surface area (Å²) in [5, 5.41) is 3.36. The highest BCUT2D eigenvalue weighted by atomic mass is 32.1. The largest absolute Gasteiger partial charge is 0.497 e. The molecule has 5 rings (SSSR count). The molecular weight excluding hydrogens is 408 g/mol. The van der Waals surface area contributed by atoms with Gasteiger partial charge in [0.2, 0.25) is 0 Å². The number of piperidine rings is 1. The molecule has 0 unspecified atom stereocenters. The van der Waals surface area contributed by atoms with Crippen molar-refractivity contribution in [1.29, 1.82) is 0 Å². The van der Waals surface area contributed by atoms with Crippen LogP contribution in [0.25, 0.3) is 21.3 Å². The number of thiophene rings is 1. The SMILES string of the molecule is COc1ccc(-c2csc3ncnc(N(C)C4CCN(C[C@@H]5CCOC5)CC4)c23)cc1. The second kappa shape index (κ2) is 9.10. The van der Waals surface area contributed by atoms with E-state index in [1.54, 1.807) is 24.8 Å². The molecule has 1 aromatic carbocycles. The summed E-state index contributed by atoms with van der Waals surface area (Å²) in [4.78, 5) is 15.3. The normalized spacial score (nSPS) is 20.4. The van der Waals surface area contributed by atoms with Gasteiger partial charge in [-0.05, 0) is 42.9 Å². The zero-order chi connectivity index (χ0) is 21.2. The highest BCUT2D eigenvalue weighted by Crippen LogP contribution is 2.39. The third-order valence-corrected chi connectivity index (χ3v) is 7.62. The Morgan fingerprint density at radius 1 is 1.16 bits per heavy atom. The van der Waals surface area contributed by atoms with E-state index >= 15 is 0 Å². The fourth-order valence-corrected chi connectivity index (χ4v) is 5.77. The van der Waals surface area contributed by atoms with Crippen molar-refractivity contribution in [2.24, 2.45) is 5.92 Å². The molecule has 31 heavy (non-hydrogen) atoms. The minimum Gasteiger partial charge on any atom is -0.497 e. The van der Waals surface area contributed by atoms with Crippen LogP contribution in [0.2, 0.25) is 0 Å². The Morgan fingerprint density at radius 2 is 1.97 bits per heavy atom. The number of rotatable bonds is 6. The van der Waals surface area contributed by atoms with E-state index in [0.717, 1.165) is 60.9 Å². The Bertz CT molecular complexity index is 1010. The number of methoxy groups -OCH3 is 1. The van der Waals surface area contributed by atoms with E-state index in [0.29, 0.717) is 12.0 Å². The van der Waals surface area contributed by atoms with Crippen LogP contribution in [0.3, 0.4) is 0 Å². The van der Waals surface area contributed by atoms with Gasteiger partial charge in [-0.15, -0.1) is 11.3 Å². The summed E-state index contributed by atoms with van der Waals surface area (Å²) >= 11 is 1.69. The summed E-state index contributed by atoms with van der Waals surface area (Å²) < 4.78 is 10.9. The van der Waals surface area contributed by atoms with Gasteiger partial charge in [-0.25, -0.2) is 9.97 Å². The molecule has 0 bridgehead atoms. The first-order valence-electron chi connectivity index (χ1n) is 11.1. The van der Waals surface area contributed by atoms with Gasteiger partial charge < -0.3 is 19.3 Å². The molecule has 7 heteroatoms. The van der Waals surface area contributed by atoms with E-state index < -0.39 is 0 Å². The molecule has 2 aliphatic heterocycles. The molecule has 2 fully saturated rings. The zero-order valence-corrected chi connectivity index (χ0v) is 19.1. The van der Waals surface area contributed by atoms with Crippen molar-refractivity contribution in [3.05, 3.63) is 36.0 Å². The Morgan fingerprint density at radius 3 is 2.68 bits per heavy atom. The molecule has 1 atom stereocenters. The third kappa shape index (κ3) is 4.27. The Balaban J connectivity index is 1.35. The van der Waals surface area contributed by atoms with Crippen molar-refractivity contribution < 1.29 is 9.47 Å². The predicted molar refractivity (Wildman–Crippen MR) is 126 cm³/mol. The quantitative estimate of drug-likeness (QED) is 0.572. The van der Waals surface area contributed by atoms with Crippen LogP contribution in [0.5, 0.6) is 5.75 Å². The molecule has 4 heterocycles. The first-order valence-corrected chi connectivity index (χ1v) is 12.0. The molecule has 0 spiro atoms. The van der Waals surface area contributed by atoms with Crippen molar-refractivity contribution in [2.45, 2.75) is 25.3 Å². The van der Waals surface area contributed by atoms with Crippen LogP contribution in [0, 0.1) is 5.92 Å². The summed E-state index contributed by atoms with van der Waals surface area (Å²) in [5.41, 5.74) is 2.37. The van der Waals surface area contributed by atoms with Gasteiger partial charge in [0, 0.05) is 50.3 Å². The van der Waals surface area contributed by atoms with E-state index in [9.17, 15) is 0 Å². The number of hydrogen-bond donors (Lipinski definition) is 0. The summed E-state index contributed by atoms with van der Waals surface area (Å²) in [7, 11) is 3.89. The minimum absolute atomic E-state index is 0.498. The molecule has 0 aliphatic carbocycles. The number of anilines is 1. The third-order valence-electron chi connectivity index (χ3n) is 6.73. The number of fused-ring (bicyclic) bond motifs is 1. The molecule has 2 aliphatic rings. The standard InChI is InChI=1S/C24H30N4O2S/c1-27(19-7-10-28(11-8-19)13-17-9-12-30-14-17)23-22-21(15-31-24(22)26-16-25-23)18-3-5-20(29-2)6-4-18/h3-6,15-17,19H,7-14H2,1-2H3/t17-/m0/s1. The Labute approximate surface area is 187 Å². The van der Waals surface area contributed by atoms with E-state index in [1.165, 1.54) is 24.1 Å². The van der Waals surface area contributed by atoms with Crippen molar-refractivity contribution >= 4 is 27.4 Å². The second-order valence-corrected chi connectivity index (χ2v) is 9.49. The average molecular weight is 439 g/mol. The maximum absolute atomic E-state index is 5.55. The van der Waals surface area contributed by atoms with Gasteiger partial charge in [0.25, 0.3) is 0 Å². The summed E-state index contributed by atoms with van der Waals surface area (Å²) in [5.74, 6) is 2.63. The van der Waals surface area contributed by atoms with Crippen LogP contribution in [0.1, 0.15) is 19.3 Å². The number of likely N-dealkylation sites (tertiary alicyclic amines) is 1. The zero-order valence-electron chi connectivity index (χ0n) is 18.3. The van der Waals surface area contributed by atoms with E-state index in [1.807, 2.05) is 12.1 Å². The number of ether oxygens (including phenoxy) is 2. The fraction of sp³-hybridized carbons (Fsp3) is 0.500. The van der Waals surface area contributed by atoms with Crippen LogP contribution in [0.15, 0.2) is 36.0 Å². The number of hydrogen-bond acceptors (Lipinski definition) is 7. The monoisotopic (exact) mass is 438 g/mol. The predicted octanol–water partition coefficient (Wildman–Crippen LogP) is 4.30. The van der Waals surface area contributed by atoms with Crippen molar-refractivity contribution in [3.63, 3.8) is 0 Å². The van der Waals surface area contributed by atoms with Crippen molar-refractivity contribution in [2.75, 3.05) is 51.9 Å². The van der Waals surface area contributed by atoms with Crippen LogP contribution >= 0.6 is 11.3 Å². The lowest BCUT2D eigenvalue weighted by Gasteiger charge is -2.38. The number of benzene rings is 1. The van der Waals surface area contributed by atoms with Crippen LogP contribution < -0.4 is 9.64 Å². The first kappa shape index (κ1) is 20.7. The summed E-state index contributed by atoms with van der Waals surface area (Å²) in [6.45, 7) is 5.35. The highest BCUT2D eigenvalue weighted by Gasteiger charge is 2.27. The maximum Gasteiger partial charge on any atom is 0.141 e. The molecule has 2 aromatic heterocycles. The molecule has 0 N–H and O–H groups in total. The summed E-state index contributed by atoms with van der Waals surface area (Å²) in [6, 6.07) is 8.75. The molecule has 0 saturated carbocycles. The second-order valence-electron chi connectivity index (χ2n) is 8.63. The van der Waals surface area contributed by atoms with Crippen molar-refractivity contribution in [1.82, 2.24) is 14.9 Å². The lowest BCUT2D eigenvalue weighted by Crippen LogP contribution is -2.45. The topological polar surface area (TPSA) is 50.7 Å². The van der Waals surface area contributed by atoms with Gasteiger partial charge in [-0.3, -0.25) is 0 Å². The molecule has 164 valence electrons. The Kier molecular flexibility index (Phi) is 6.07. The van der Waals surface area contributed by atoms with Crippen LogP contribution in [0.4, 0.5) is 5.82 Å². The maximum atomic E-state index is 5.55. The Hall–Kier alpha value is -2.22. The minimum atomic E-state index is 0.498. The lowest BCUT2D eigenvalue weighted by molar-refractivity contribution is 0.152. The van der Waals surface area contributed by atoms with E-state index in [4.69, 9.17) is 14.5 Å². The van der Waals surface area contributed by atoms with Crippen LogP contribution in [-0.2, 0) is 4.74 Å². The fourth-order valence-electron chi connectivity index (χ4n) is 4.86. The van der Waals surface area contributed by atoms with E-state index in [2.05, 4.69) is 39.3 Å². The molecule has 0 amide bonds. The lowest BCUT2D eigenvalue weighted by atomic mass is 10.0. The van der Waals surface area contributed by atoms with Gasteiger partial charge in [-0.1, -0.05) is 12.1 Å². The number of nitrogens with zero attached hydrogens (tertiary/aromatic N) is 4. The van der Waals surface area contributed by atoms with Crippen molar-refractivity contribution in [3.8, 4) is 16.9 Å². The summed E-state index contributed by atoms with van der Waals surface area (Å²) in [6.07, 6.45) is 5.25. The van der Waals surface area contributed by atoms with Gasteiger partial charge in [-0.2, -0.15) is 0 Å². The average Bonchev–Trinajstić information content (AvgIpc) is 3.49.